The van der Waals surface area contributed by atoms with Crippen LogP contribution in [0.25, 0.3) is 0 Å². The number of ether oxygens (including phenoxy) is 1. The fraction of sp³-hybridized carbons (Fsp3) is 0.581. The molecule has 0 bridgehead atoms. The van der Waals surface area contributed by atoms with Crippen molar-refractivity contribution in [3.63, 3.8) is 0 Å². The summed E-state index contributed by atoms with van der Waals surface area (Å²) in [6, 6.07) is 15.2. The van der Waals surface area contributed by atoms with Gasteiger partial charge in [-0.25, -0.2) is 0 Å². The zero-order chi connectivity index (χ0) is 27.2. The molecule has 4 heteroatoms. The molecule has 0 radical (unpaired) electrons. The molecule has 0 aliphatic carbocycles. The highest BCUT2D eigenvalue weighted by molar-refractivity contribution is 5.98. The van der Waals surface area contributed by atoms with Crippen LogP contribution in [0.15, 0.2) is 42.5 Å². The number of rotatable bonds is 7. The number of nitrogens with zero attached hydrogens (tertiary/aromatic N) is 1. The Kier molecular flexibility index (Phi) is 22.0. The lowest BCUT2D eigenvalue weighted by molar-refractivity contribution is 0.226. The average molecular weight is 486 g/mol. The van der Waals surface area contributed by atoms with Gasteiger partial charge in [0.25, 0.3) is 0 Å². The zero-order valence-electron chi connectivity index (χ0n) is 24.7. The highest BCUT2D eigenvalue weighted by atomic mass is 16.5. The standard InChI is InChI=1S/C23H31N3O.4C2H6/c1-17-9-11-19(12-10-17)16-25-22-18(2)6-4-8-21(22)23(24)27-15-13-20-7-5-14-26(20)3;4*1-2/h4,6,8-12,20,24-25H,5,7,13-16H2,1-3H3;4*1-2H3. The van der Waals surface area contributed by atoms with E-state index < -0.39 is 0 Å². The first kappa shape index (κ1) is 34.8. The molecule has 1 saturated heterocycles. The van der Waals surface area contributed by atoms with Gasteiger partial charge in [0, 0.05) is 12.6 Å². The van der Waals surface area contributed by atoms with E-state index >= 15 is 0 Å². The topological polar surface area (TPSA) is 48.4 Å². The SMILES string of the molecule is CC.CC.CC.CC.Cc1ccc(CNc2c(C)cccc2C(=N)OCCC2CCCN2C)cc1. The van der Waals surface area contributed by atoms with E-state index in [1.165, 1.54) is 30.5 Å². The molecule has 1 heterocycles. The molecule has 2 aromatic carbocycles. The Hall–Kier alpha value is -2.33. The molecular formula is C31H55N3O. The van der Waals surface area contributed by atoms with Crippen LogP contribution in [-0.2, 0) is 11.3 Å². The molecule has 1 atom stereocenters. The van der Waals surface area contributed by atoms with Gasteiger partial charge in [-0.05, 0) is 63.9 Å². The van der Waals surface area contributed by atoms with Crippen molar-refractivity contribution >= 4 is 11.6 Å². The van der Waals surface area contributed by atoms with Crippen LogP contribution in [0, 0.1) is 19.3 Å². The molecule has 3 rings (SSSR count). The number of hydrogen-bond acceptors (Lipinski definition) is 4. The molecule has 1 aliphatic heterocycles. The Morgan fingerprint density at radius 2 is 1.54 bits per heavy atom. The van der Waals surface area contributed by atoms with Gasteiger partial charge in [0.15, 0.2) is 0 Å². The van der Waals surface area contributed by atoms with Crippen LogP contribution in [0.5, 0.6) is 0 Å². The van der Waals surface area contributed by atoms with Crippen molar-refractivity contribution in [2.45, 2.75) is 101 Å². The van der Waals surface area contributed by atoms with Crippen LogP contribution in [-0.4, -0.2) is 37.0 Å². The largest absolute Gasteiger partial charge is 0.478 e. The van der Waals surface area contributed by atoms with Crippen molar-refractivity contribution in [1.82, 2.24) is 4.90 Å². The third-order valence-electron chi connectivity index (χ3n) is 5.48. The van der Waals surface area contributed by atoms with Crippen molar-refractivity contribution in [2.24, 2.45) is 0 Å². The second-order valence-corrected chi connectivity index (χ2v) is 7.58. The highest BCUT2D eigenvalue weighted by Crippen LogP contribution is 2.23. The van der Waals surface area contributed by atoms with Crippen molar-refractivity contribution < 1.29 is 4.74 Å². The van der Waals surface area contributed by atoms with E-state index in [1.54, 1.807) is 0 Å². The van der Waals surface area contributed by atoms with Crippen molar-refractivity contribution in [3.8, 4) is 0 Å². The Labute approximate surface area is 218 Å². The monoisotopic (exact) mass is 485 g/mol. The van der Waals surface area contributed by atoms with Gasteiger partial charge in [0.1, 0.15) is 0 Å². The van der Waals surface area contributed by atoms with E-state index in [2.05, 4.69) is 61.4 Å². The van der Waals surface area contributed by atoms with Crippen molar-refractivity contribution in [1.29, 1.82) is 5.41 Å². The smallest absolute Gasteiger partial charge is 0.215 e. The van der Waals surface area contributed by atoms with E-state index in [4.69, 9.17) is 10.1 Å². The van der Waals surface area contributed by atoms with Gasteiger partial charge < -0.3 is 15.0 Å². The summed E-state index contributed by atoms with van der Waals surface area (Å²) in [4.78, 5) is 2.40. The fourth-order valence-corrected chi connectivity index (χ4v) is 3.71. The van der Waals surface area contributed by atoms with Crippen molar-refractivity contribution in [2.75, 3.05) is 25.5 Å². The van der Waals surface area contributed by atoms with Gasteiger partial charge in [-0.2, -0.15) is 0 Å². The van der Waals surface area contributed by atoms with Crippen molar-refractivity contribution in [3.05, 3.63) is 64.7 Å². The molecule has 0 aromatic heterocycles. The Balaban J connectivity index is 0. The summed E-state index contributed by atoms with van der Waals surface area (Å²) in [6.07, 6.45) is 3.49. The first-order valence-corrected chi connectivity index (χ1v) is 13.9. The molecule has 35 heavy (non-hydrogen) atoms. The first-order valence-electron chi connectivity index (χ1n) is 13.9. The first-order chi connectivity index (χ1) is 17.0. The molecular weight excluding hydrogens is 430 g/mol. The number of benzene rings is 2. The summed E-state index contributed by atoms with van der Waals surface area (Å²) in [6.45, 7) is 22.7. The molecule has 0 spiro atoms. The molecule has 1 aliphatic rings. The zero-order valence-corrected chi connectivity index (χ0v) is 24.7. The molecule has 2 aromatic rings. The fourth-order valence-electron chi connectivity index (χ4n) is 3.71. The molecule has 1 unspecified atom stereocenters. The van der Waals surface area contributed by atoms with Gasteiger partial charge in [0.05, 0.1) is 17.9 Å². The third kappa shape index (κ3) is 12.8. The number of para-hydroxylation sites is 1. The summed E-state index contributed by atoms with van der Waals surface area (Å²) in [5.74, 6) is 0.255. The predicted molar refractivity (Wildman–Crippen MR) is 158 cm³/mol. The summed E-state index contributed by atoms with van der Waals surface area (Å²) in [7, 11) is 2.18. The Morgan fingerprint density at radius 1 is 0.943 bits per heavy atom. The lowest BCUT2D eigenvalue weighted by Crippen LogP contribution is -2.26. The molecule has 4 nitrogen and oxygen atoms in total. The second-order valence-electron chi connectivity index (χ2n) is 7.58. The summed E-state index contributed by atoms with van der Waals surface area (Å²) in [5, 5.41) is 11.9. The van der Waals surface area contributed by atoms with E-state index in [-0.39, 0.29) is 5.90 Å². The number of nitrogens with one attached hydrogen (secondary N) is 2. The van der Waals surface area contributed by atoms with E-state index in [0.29, 0.717) is 12.6 Å². The maximum Gasteiger partial charge on any atom is 0.215 e. The number of hydrogen-bond donors (Lipinski definition) is 2. The van der Waals surface area contributed by atoms with E-state index in [1.807, 2.05) is 67.5 Å². The average Bonchev–Trinajstić information content (AvgIpc) is 3.33. The lowest BCUT2D eigenvalue weighted by Gasteiger charge is -2.20. The molecule has 1 fully saturated rings. The number of likely N-dealkylation sites (tertiary alicyclic amines) is 1. The van der Waals surface area contributed by atoms with Crippen LogP contribution in [0.4, 0.5) is 5.69 Å². The van der Waals surface area contributed by atoms with Gasteiger partial charge in [-0.15, -0.1) is 0 Å². The minimum absolute atomic E-state index is 0.255. The number of aryl methyl sites for hydroxylation is 2. The van der Waals surface area contributed by atoms with Gasteiger partial charge in [0.2, 0.25) is 5.90 Å². The van der Waals surface area contributed by atoms with Crippen LogP contribution in [0.1, 0.15) is 96.9 Å². The van der Waals surface area contributed by atoms with E-state index in [9.17, 15) is 0 Å². The third-order valence-corrected chi connectivity index (χ3v) is 5.48. The van der Waals surface area contributed by atoms with Crippen LogP contribution in [0.3, 0.4) is 0 Å². The van der Waals surface area contributed by atoms with E-state index in [0.717, 1.165) is 29.8 Å². The maximum absolute atomic E-state index is 8.43. The van der Waals surface area contributed by atoms with Gasteiger partial charge in [-0.3, -0.25) is 5.41 Å². The summed E-state index contributed by atoms with van der Waals surface area (Å²) < 4.78 is 5.82. The molecule has 0 saturated carbocycles. The second kappa shape index (κ2) is 22.2. The Morgan fingerprint density at radius 3 is 2.09 bits per heavy atom. The maximum atomic E-state index is 8.43. The summed E-state index contributed by atoms with van der Waals surface area (Å²) in [5.41, 5.74) is 5.44. The normalized spacial score (nSPS) is 13.9. The Bertz CT molecular complexity index is 771. The minimum Gasteiger partial charge on any atom is -0.478 e. The summed E-state index contributed by atoms with van der Waals surface area (Å²) >= 11 is 0. The van der Waals surface area contributed by atoms with Crippen LogP contribution < -0.4 is 5.32 Å². The van der Waals surface area contributed by atoms with Crippen LogP contribution in [0.2, 0.25) is 0 Å². The molecule has 0 amide bonds. The highest BCUT2D eigenvalue weighted by Gasteiger charge is 2.21. The lowest BCUT2D eigenvalue weighted by atomic mass is 10.1. The molecule has 2 N–H and O–H groups in total. The molecule has 200 valence electrons. The quantitative estimate of drug-likeness (QED) is 0.304. The predicted octanol–water partition coefficient (Wildman–Crippen LogP) is 8.85. The van der Waals surface area contributed by atoms with Gasteiger partial charge >= 0.3 is 0 Å². The van der Waals surface area contributed by atoms with Crippen LogP contribution >= 0.6 is 0 Å². The number of anilines is 1. The minimum atomic E-state index is 0.255. The van der Waals surface area contributed by atoms with Gasteiger partial charge in [-0.1, -0.05) is 97.4 Å².